The van der Waals surface area contributed by atoms with Gasteiger partial charge in [-0.3, -0.25) is 0 Å². The van der Waals surface area contributed by atoms with Crippen molar-refractivity contribution in [1.29, 1.82) is 0 Å². The highest BCUT2D eigenvalue weighted by molar-refractivity contribution is 7.81. The Labute approximate surface area is 307 Å². The molecule has 0 fully saturated rings. The normalized spacial score (nSPS) is 18.1. The van der Waals surface area contributed by atoms with Gasteiger partial charge in [0.25, 0.3) is 0 Å². The number of hydrogen-bond acceptors (Lipinski definition) is 2. The number of allylic oxidation sites excluding steroid dienone is 4. The number of rotatable bonds is 2. The van der Waals surface area contributed by atoms with Crippen LogP contribution in [0.4, 0.5) is 22.7 Å². The van der Waals surface area contributed by atoms with Gasteiger partial charge in [0.2, 0.25) is 0 Å². The van der Waals surface area contributed by atoms with Crippen LogP contribution < -0.4 is 42.5 Å². The summed E-state index contributed by atoms with van der Waals surface area (Å²) in [5.41, 5.74) is 15.8. The van der Waals surface area contributed by atoms with Crippen LogP contribution in [-0.2, 0) is 25.7 Å². The van der Waals surface area contributed by atoms with Gasteiger partial charge in [-0.2, -0.15) is 0 Å². The highest BCUT2D eigenvalue weighted by Gasteiger charge is 2.32. The Balaban J connectivity index is 1.28. The number of hydrogen-bond donors (Lipinski definition) is 2. The first kappa shape index (κ1) is 30.4. The number of nitrogens with one attached hydrogen (secondary N) is 2. The topological polar surface area (TPSA) is 24.1 Å². The minimum atomic E-state index is -0.966. The molecule has 248 valence electrons. The van der Waals surface area contributed by atoms with Crippen molar-refractivity contribution in [2.45, 2.75) is 25.7 Å². The van der Waals surface area contributed by atoms with E-state index >= 15 is 0 Å². The zero-order valence-corrected chi connectivity index (χ0v) is 30.5. The van der Waals surface area contributed by atoms with Crippen LogP contribution in [0.1, 0.15) is 44.5 Å². The predicted octanol–water partition coefficient (Wildman–Crippen LogP) is 9.28. The molecule has 0 spiro atoms. The van der Waals surface area contributed by atoms with E-state index in [0.717, 1.165) is 25.7 Å². The van der Waals surface area contributed by atoms with Crippen LogP contribution in [0, 0.1) is 0 Å². The zero-order chi connectivity index (χ0) is 34.2. The highest BCUT2D eigenvalue weighted by atomic mass is 31.1. The molecule has 2 N–H and O–H groups in total. The lowest BCUT2D eigenvalue weighted by Gasteiger charge is -2.32. The molecule has 2 unspecified atom stereocenters. The molecule has 0 amide bonds. The van der Waals surface area contributed by atoms with Crippen molar-refractivity contribution in [1.82, 2.24) is 0 Å². The number of fused-ring (bicyclic) bond motifs is 10. The summed E-state index contributed by atoms with van der Waals surface area (Å²) in [5, 5.41) is 16.7. The molecule has 0 aromatic heterocycles. The van der Waals surface area contributed by atoms with E-state index in [-0.39, 0.29) is 0 Å². The Bertz CT molecular complexity index is 2580. The second kappa shape index (κ2) is 12.2. The number of benzene rings is 6. The molecule has 5 aliphatic rings. The van der Waals surface area contributed by atoms with Crippen molar-refractivity contribution in [3.8, 4) is 0 Å². The summed E-state index contributed by atoms with van der Waals surface area (Å²) in [6.45, 7) is 0. The molecule has 6 aromatic rings. The summed E-state index contributed by atoms with van der Waals surface area (Å²) in [6.07, 6.45) is 22.4. The molecule has 52 heavy (non-hydrogen) atoms. The fourth-order valence-corrected chi connectivity index (χ4v) is 13.8. The van der Waals surface area contributed by atoms with Crippen LogP contribution >= 0.6 is 15.8 Å². The quantitative estimate of drug-likeness (QED) is 0.176. The molecular weight excluding hydrogens is 666 g/mol. The van der Waals surface area contributed by atoms with Gasteiger partial charge in [0, 0.05) is 38.2 Å². The van der Waals surface area contributed by atoms with Crippen molar-refractivity contribution in [3.63, 3.8) is 0 Å². The summed E-state index contributed by atoms with van der Waals surface area (Å²) < 4.78 is 0. The first-order valence-electron chi connectivity index (χ1n) is 18.3. The van der Waals surface area contributed by atoms with E-state index in [9.17, 15) is 0 Å². The lowest BCUT2D eigenvalue weighted by atomic mass is 10.0. The van der Waals surface area contributed by atoms with Crippen molar-refractivity contribution in [2.24, 2.45) is 0 Å². The largest absolute Gasteiger partial charge is 0.354 e. The molecule has 4 aliphatic carbocycles. The van der Waals surface area contributed by atoms with Gasteiger partial charge in [-0.25, -0.2) is 0 Å². The first-order chi connectivity index (χ1) is 25.8. The second-order valence-corrected chi connectivity index (χ2v) is 18.5. The third kappa shape index (κ3) is 4.86. The molecule has 1 aliphatic heterocycles. The maximum atomic E-state index is 4.32. The molecule has 0 saturated heterocycles. The molecule has 0 saturated carbocycles. The molecule has 11 rings (SSSR count). The average molecular weight is 703 g/mol. The molecule has 2 atom stereocenters. The fourth-order valence-electron chi connectivity index (χ4n) is 8.70. The molecule has 0 bridgehead atoms. The minimum absolute atomic E-state index is 0.928. The maximum absolute atomic E-state index is 4.32. The van der Waals surface area contributed by atoms with E-state index in [4.69, 9.17) is 0 Å². The monoisotopic (exact) mass is 702 g/mol. The first-order valence-corrected chi connectivity index (χ1v) is 21.0. The Morgan fingerprint density at radius 1 is 0.404 bits per heavy atom. The molecule has 1 heterocycles. The van der Waals surface area contributed by atoms with E-state index in [1.54, 1.807) is 0 Å². The SMILES string of the molecule is C1=Cc2cc3c(cc2C1)Nc1cc2c(cc1P(c1ccccc1)c1ccc4c(c1Nc1c(ccc5c1C=CC5)P3c1ccccc1)CC=C4)CC=C2. The van der Waals surface area contributed by atoms with Gasteiger partial charge in [0.05, 0.1) is 11.4 Å². The molecular formula is C48H36N2P2. The average Bonchev–Trinajstić information content (AvgIpc) is 4.01. The van der Waals surface area contributed by atoms with E-state index < -0.39 is 15.8 Å². The predicted molar refractivity (Wildman–Crippen MR) is 228 cm³/mol. The summed E-state index contributed by atoms with van der Waals surface area (Å²) in [4.78, 5) is 0. The van der Waals surface area contributed by atoms with Crippen LogP contribution in [0.15, 0.2) is 133 Å². The third-order valence-corrected chi connectivity index (χ3v) is 16.2. The van der Waals surface area contributed by atoms with Crippen molar-refractivity contribution < 1.29 is 0 Å². The van der Waals surface area contributed by atoms with Crippen molar-refractivity contribution in [2.75, 3.05) is 10.6 Å². The van der Waals surface area contributed by atoms with Gasteiger partial charge in [-0.15, -0.1) is 0 Å². The Morgan fingerprint density at radius 3 is 1.75 bits per heavy atom. The summed E-state index contributed by atoms with van der Waals surface area (Å²) in [7, 11) is -1.92. The zero-order valence-electron chi connectivity index (χ0n) is 28.7. The number of anilines is 4. The lowest BCUT2D eigenvalue weighted by molar-refractivity contribution is 1.30. The molecule has 6 aromatic carbocycles. The molecule has 4 heteroatoms. The fraction of sp³-hybridized carbons (Fsp3) is 0.0833. The van der Waals surface area contributed by atoms with E-state index in [1.807, 2.05) is 0 Å². The summed E-state index contributed by atoms with van der Waals surface area (Å²) in [6, 6.07) is 42.1. The van der Waals surface area contributed by atoms with Crippen LogP contribution in [0.5, 0.6) is 0 Å². The molecule has 0 radical (unpaired) electrons. The van der Waals surface area contributed by atoms with Crippen LogP contribution in [0.2, 0.25) is 0 Å². The Hall–Kier alpha value is -5.26. The van der Waals surface area contributed by atoms with Gasteiger partial charge in [0.1, 0.15) is 0 Å². The Morgan fingerprint density at radius 2 is 0.981 bits per heavy atom. The summed E-state index contributed by atoms with van der Waals surface area (Å²) in [5.74, 6) is 0. The lowest BCUT2D eigenvalue weighted by Crippen LogP contribution is -2.30. The van der Waals surface area contributed by atoms with E-state index in [2.05, 4.69) is 168 Å². The Kier molecular flexibility index (Phi) is 7.11. The molecule has 2 nitrogen and oxygen atoms in total. The minimum Gasteiger partial charge on any atom is -0.354 e. The van der Waals surface area contributed by atoms with Crippen LogP contribution in [0.3, 0.4) is 0 Å². The van der Waals surface area contributed by atoms with Gasteiger partial charge in [-0.1, -0.05) is 134 Å². The second-order valence-electron chi connectivity index (χ2n) is 14.2. The van der Waals surface area contributed by atoms with Crippen LogP contribution in [-0.4, -0.2) is 0 Å². The van der Waals surface area contributed by atoms with E-state index in [1.165, 1.54) is 99.1 Å². The van der Waals surface area contributed by atoms with Gasteiger partial charge >= 0.3 is 0 Å². The standard InChI is InChI=1S/C48H36N2P2/c1-3-17-37(18-4-1)51-43-25-23-31-11-9-21-39(31)47(43)50-48-40-22-10-12-32(40)24-26-44(48)52(38-19-5-2-6-20-38)46-30-36-16-8-14-34(36)28-42(46)49-41-27-33-13-7-15-35(33)29-45(41)51/h1-11,13,16-20,22-30,49-50H,12,14-15,21H2. The van der Waals surface area contributed by atoms with E-state index in [0.29, 0.717) is 0 Å². The van der Waals surface area contributed by atoms with Crippen molar-refractivity contribution in [3.05, 3.63) is 178 Å². The van der Waals surface area contributed by atoms with Gasteiger partial charge in [-0.05, 0) is 115 Å². The van der Waals surface area contributed by atoms with Gasteiger partial charge < -0.3 is 10.6 Å². The summed E-state index contributed by atoms with van der Waals surface area (Å²) >= 11 is 0. The highest BCUT2D eigenvalue weighted by Crippen LogP contribution is 2.48. The maximum Gasteiger partial charge on any atom is 0.0545 e. The smallest absolute Gasteiger partial charge is 0.0545 e. The third-order valence-electron chi connectivity index (χ3n) is 11.2. The van der Waals surface area contributed by atoms with Crippen molar-refractivity contribution >= 4 is 94.7 Å². The van der Waals surface area contributed by atoms with Gasteiger partial charge in [0.15, 0.2) is 0 Å². The van der Waals surface area contributed by atoms with Crippen LogP contribution in [0.25, 0.3) is 24.3 Å².